The lowest BCUT2D eigenvalue weighted by atomic mass is 10.1. The molecule has 0 aliphatic carbocycles. The lowest BCUT2D eigenvalue weighted by Gasteiger charge is -2.19. The van der Waals surface area contributed by atoms with Crippen LogP contribution in [-0.2, 0) is 19.6 Å². The van der Waals surface area contributed by atoms with Crippen LogP contribution in [-0.4, -0.2) is 44.3 Å². The number of nitrogens with zero attached hydrogens (tertiary/aromatic N) is 1. The van der Waals surface area contributed by atoms with Gasteiger partial charge >= 0.3 is 5.97 Å². The van der Waals surface area contributed by atoms with E-state index in [4.69, 9.17) is 4.74 Å². The molecule has 1 N–H and O–H groups in total. The van der Waals surface area contributed by atoms with E-state index in [1.54, 1.807) is 26.8 Å². The van der Waals surface area contributed by atoms with Crippen molar-refractivity contribution in [2.24, 2.45) is 0 Å². The Bertz CT molecular complexity index is 1020. The van der Waals surface area contributed by atoms with Crippen molar-refractivity contribution in [1.82, 2.24) is 4.31 Å². The maximum atomic E-state index is 12.7. The van der Waals surface area contributed by atoms with Crippen LogP contribution in [0, 0.1) is 20.8 Å². The molecular weight excluding hydrogens is 404 g/mol. The molecule has 0 saturated carbocycles. The number of hydrogen-bond acceptors (Lipinski definition) is 5. The number of carbonyl (C=O) groups is 2. The first kappa shape index (κ1) is 23.6. The minimum Gasteiger partial charge on any atom is -0.452 e. The van der Waals surface area contributed by atoms with Crippen LogP contribution in [0.4, 0.5) is 5.69 Å². The number of rotatable bonds is 8. The third kappa shape index (κ3) is 5.25. The van der Waals surface area contributed by atoms with Gasteiger partial charge in [0.05, 0.1) is 10.5 Å². The number of carbonyl (C=O) groups excluding carboxylic acids is 2. The van der Waals surface area contributed by atoms with Gasteiger partial charge in [0.25, 0.3) is 5.91 Å². The highest BCUT2D eigenvalue weighted by molar-refractivity contribution is 7.89. The molecule has 2 aromatic rings. The van der Waals surface area contributed by atoms with Crippen molar-refractivity contribution in [1.29, 1.82) is 0 Å². The van der Waals surface area contributed by atoms with Crippen LogP contribution in [0.3, 0.4) is 0 Å². The summed E-state index contributed by atoms with van der Waals surface area (Å²) >= 11 is 0. The lowest BCUT2D eigenvalue weighted by molar-refractivity contribution is -0.119. The summed E-state index contributed by atoms with van der Waals surface area (Å²) in [4.78, 5) is 24.8. The van der Waals surface area contributed by atoms with E-state index in [0.717, 1.165) is 11.1 Å². The van der Waals surface area contributed by atoms with Crippen molar-refractivity contribution in [3.8, 4) is 0 Å². The van der Waals surface area contributed by atoms with Gasteiger partial charge in [-0.05, 0) is 49.6 Å². The number of aryl methyl sites for hydroxylation is 3. The molecule has 30 heavy (non-hydrogen) atoms. The Hall–Kier alpha value is -2.71. The van der Waals surface area contributed by atoms with E-state index in [2.05, 4.69) is 5.32 Å². The van der Waals surface area contributed by atoms with Crippen LogP contribution >= 0.6 is 0 Å². The second-order valence-electron chi connectivity index (χ2n) is 6.96. The van der Waals surface area contributed by atoms with Gasteiger partial charge in [0, 0.05) is 18.8 Å². The molecule has 0 fully saturated rings. The molecule has 0 saturated heterocycles. The highest BCUT2D eigenvalue weighted by Crippen LogP contribution is 2.21. The predicted octanol–water partition coefficient (Wildman–Crippen LogP) is 3.44. The van der Waals surface area contributed by atoms with E-state index in [-0.39, 0.29) is 10.5 Å². The number of nitrogens with one attached hydrogen (secondary N) is 1. The standard InChI is InChI=1S/C22H28N2O5S/c1-6-24(7-2)30(27,28)18-12-11-15(3)19(13-18)22(26)29-14-20(25)23-21-16(4)9-8-10-17(21)5/h8-13H,6-7,14H2,1-5H3,(H,23,25). The summed E-state index contributed by atoms with van der Waals surface area (Å²) < 4.78 is 31.9. The third-order valence-electron chi connectivity index (χ3n) is 4.85. The monoisotopic (exact) mass is 432 g/mol. The first-order valence-corrected chi connectivity index (χ1v) is 11.2. The van der Waals surface area contributed by atoms with E-state index in [1.165, 1.54) is 16.4 Å². The smallest absolute Gasteiger partial charge is 0.338 e. The molecule has 0 aliphatic heterocycles. The van der Waals surface area contributed by atoms with E-state index >= 15 is 0 Å². The number of sulfonamides is 1. The Morgan fingerprint density at radius 2 is 1.57 bits per heavy atom. The van der Waals surface area contributed by atoms with Crippen molar-refractivity contribution in [2.75, 3.05) is 25.0 Å². The zero-order valence-corrected chi connectivity index (χ0v) is 18.8. The largest absolute Gasteiger partial charge is 0.452 e. The van der Waals surface area contributed by atoms with Crippen LogP contribution in [0.2, 0.25) is 0 Å². The van der Waals surface area contributed by atoms with Crippen LogP contribution in [0.1, 0.15) is 40.9 Å². The van der Waals surface area contributed by atoms with Crippen molar-refractivity contribution in [3.05, 3.63) is 58.7 Å². The summed E-state index contributed by atoms with van der Waals surface area (Å²) in [6, 6.07) is 9.97. The maximum absolute atomic E-state index is 12.7. The average molecular weight is 433 g/mol. The normalized spacial score (nSPS) is 11.4. The quantitative estimate of drug-likeness (QED) is 0.645. The fourth-order valence-corrected chi connectivity index (χ4v) is 4.57. The van der Waals surface area contributed by atoms with Crippen LogP contribution in [0.25, 0.3) is 0 Å². The molecule has 0 heterocycles. The summed E-state index contributed by atoms with van der Waals surface area (Å²) in [6.07, 6.45) is 0. The summed E-state index contributed by atoms with van der Waals surface area (Å²) in [5.41, 5.74) is 3.17. The average Bonchev–Trinajstić information content (AvgIpc) is 2.70. The minimum absolute atomic E-state index is 0.0173. The Balaban J connectivity index is 2.14. The van der Waals surface area contributed by atoms with Gasteiger partial charge in [-0.3, -0.25) is 4.79 Å². The first-order chi connectivity index (χ1) is 14.1. The fourth-order valence-electron chi connectivity index (χ4n) is 3.09. The van der Waals surface area contributed by atoms with Crippen molar-refractivity contribution >= 4 is 27.6 Å². The van der Waals surface area contributed by atoms with E-state index in [1.807, 2.05) is 32.0 Å². The highest BCUT2D eigenvalue weighted by atomic mass is 32.2. The van der Waals surface area contributed by atoms with Crippen LogP contribution in [0.5, 0.6) is 0 Å². The Labute approximate surface area is 178 Å². The predicted molar refractivity (Wildman–Crippen MR) is 116 cm³/mol. The Morgan fingerprint density at radius 3 is 2.13 bits per heavy atom. The van der Waals surface area contributed by atoms with Gasteiger partial charge in [-0.25, -0.2) is 13.2 Å². The summed E-state index contributed by atoms with van der Waals surface area (Å²) in [5.74, 6) is -1.22. The zero-order valence-electron chi connectivity index (χ0n) is 18.0. The molecule has 0 spiro atoms. The summed E-state index contributed by atoms with van der Waals surface area (Å²) in [5, 5.41) is 2.75. The van der Waals surface area contributed by atoms with Gasteiger partial charge in [0.15, 0.2) is 6.61 Å². The van der Waals surface area contributed by atoms with Crippen molar-refractivity contribution in [3.63, 3.8) is 0 Å². The first-order valence-electron chi connectivity index (χ1n) is 9.75. The molecule has 0 radical (unpaired) electrons. The topological polar surface area (TPSA) is 92.8 Å². The number of hydrogen-bond donors (Lipinski definition) is 1. The molecule has 162 valence electrons. The van der Waals surface area contributed by atoms with Gasteiger partial charge < -0.3 is 10.1 Å². The van der Waals surface area contributed by atoms with Crippen molar-refractivity contribution in [2.45, 2.75) is 39.5 Å². The summed E-state index contributed by atoms with van der Waals surface area (Å²) in [6.45, 7) is 9.11. The van der Waals surface area contributed by atoms with E-state index < -0.39 is 28.5 Å². The number of ether oxygens (including phenoxy) is 1. The maximum Gasteiger partial charge on any atom is 0.338 e. The zero-order chi connectivity index (χ0) is 22.5. The summed E-state index contributed by atoms with van der Waals surface area (Å²) in [7, 11) is -3.71. The third-order valence-corrected chi connectivity index (χ3v) is 6.90. The lowest BCUT2D eigenvalue weighted by Crippen LogP contribution is -2.30. The van der Waals surface area contributed by atoms with E-state index in [9.17, 15) is 18.0 Å². The number of esters is 1. The van der Waals surface area contributed by atoms with E-state index in [0.29, 0.717) is 24.3 Å². The Kier molecular flexibility index (Phi) is 7.75. The molecule has 0 unspecified atom stereocenters. The second-order valence-corrected chi connectivity index (χ2v) is 8.90. The fraction of sp³-hybridized carbons (Fsp3) is 0.364. The van der Waals surface area contributed by atoms with Crippen LogP contribution < -0.4 is 5.32 Å². The van der Waals surface area contributed by atoms with Gasteiger partial charge in [-0.15, -0.1) is 0 Å². The minimum atomic E-state index is -3.71. The molecule has 0 atom stereocenters. The molecule has 7 nitrogen and oxygen atoms in total. The molecule has 0 bridgehead atoms. The van der Waals surface area contributed by atoms with Gasteiger partial charge in [0.1, 0.15) is 0 Å². The number of anilines is 1. The molecule has 1 amide bonds. The number of benzene rings is 2. The molecule has 0 aliphatic rings. The Morgan fingerprint density at radius 1 is 0.967 bits per heavy atom. The van der Waals surface area contributed by atoms with Gasteiger partial charge in [0.2, 0.25) is 10.0 Å². The molecule has 0 aromatic heterocycles. The van der Waals surface area contributed by atoms with Gasteiger partial charge in [-0.1, -0.05) is 38.1 Å². The number of para-hydroxylation sites is 1. The molecule has 2 aromatic carbocycles. The van der Waals surface area contributed by atoms with Gasteiger partial charge in [-0.2, -0.15) is 4.31 Å². The second kappa shape index (κ2) is 9.86. The molecule has 2 rings (SSSR count). The van der Waals surface area contributed by atoms with Crippen LogP contribution in [0.15, 0.2) is 41.3 Å². The molecular formula is C22H28N2O5S. The molecule has 8 heteroatoms. The SMILES string of the molecule is CCN(CC)S(=O)(=O)c1ccc(C)c(C(=O)OCC(=O)Nc2c(C)cccc2C)c1. The highest BCUT2D eigenvalue weighted by Gasteiger charge is 2.24. The number of amides is 1. The van der Waals surface area contributed by atoms with Crippen molar-refractivity contribution < 1.29 is 22.7 Å².